The molecule has 1 aliphatic heterocycles. The van der Waals surface area contributed by atoms with Gasteiger partial charge in [-0.25, -0.2) is 0 Å². The van der Waals surface area contributed by atoms with Gasteiger partial charge in [-0.15, -0.1) is 0 Å². The van der Waals surface area contributed by atoms with Gasteiger partial charge in [-0.1, -0.05) is 18.2 Å². The summed E-state index contributed by atoms with van der Waals surface area (Å²) in [5, 5.41) is 0. The molecule has 0 unspecified atom stereocenters. The van der Waals surface area contributed by atoms with Gasteiger partial charge < -0.3 is 15.4 Å². The Hall–Kier alpha value is -1.59. The summed E-state index contributed by atoms with van der Waals surface area (Å²) in [5.74, 6) is -0.300. The lowest BCUT2D eigenvalue weighted by atomic mass is 10.1. The van der Waals surface area contributed by atoms with Crippen LogP contribution >= 0.6 is 0 Å². The number of anilines is 1. The lowest BCUT2D eigenvalue weighted by molar-refractivity contribution is -0.118. The number of nitrogens with zero attached hydrogens (tertiary/aromatic N) is 2. The third-order valence-electron chi connectivity index (χ3n) is 3.21. The first-order chi connectivity index (χ1) is 9.16. The molecule has 0 aromatic heterocycles. The number of carbonyl (C=O) groups excluding carboxylic acids is 1. The van der Waals surface area contributed by atoms with E-state index >= 15 is 0 Å². The highest BCUT2D eigenvalue weighted by atomic mass is 16.5. The first kappa shape index (κ1) is 13.8. The van der Waals surface area contributed by atoms with E-state index < -0.39 is 0 Å². The Kier molecular flexibility index (Phi) is 4.76. The van der Waals surface area contributed by atoms with Crippen LogP contribution < -0.4 is 10.6 Å². The molecule has 5 heteroatoms. The number of rotatable bonds is 5. The zero-order valence-electron chi connectivity index (χ0n) is 11.3. The minimum atomic E-state index is -0.300. The standard InChI is InChI=1S/C14H21N3O2/c1-16(11-14(15)18)10-12-4-2-3-5-13(12)17-6-8-19-9-7-17/h2-5H,6-11H2,1H3,(H2,15,18). The van der Waals surface area contributed by atoms with Gasteiger partial charge >= 0.3 is 0 Å². The van der Waals surface area contributed by atoms with Crippen LogP contribution in [0.1, 0.15) is 5.56 Å². The van der Waals surface area contributed by atoms with E-state index in [1.165, 1.54) is 11.3 Å². The van der Waals surface area contributed by atoms with Crippen LogP contribution in [0.15, 0.2) is 24.3 Å². The third-order valence-corrected chi connectivity index (χ3v) is 3.21. The molecule has 2 rings (SSSR count). The van der Waals surface area contributed by atoms with Crippen LogP contribution in [0, 0.1) is 0 Å². The number of carbonyl (C=O) groups is 1. The van der Waals surface area contributed by atoms with E-state index in [0.717, 1.165) is 32.8 Å². The normalized spacial score (nSPS) is 15.8. The van der Waals surface area contributed by atoms with Crippen molar-refractivity contribution in [2.75, 3.05) is 44.8 Å². The molecule has 0 saturated carbocycles. The van der Waals surface area contributed by atoms with E-state index in [1.54, 1.807) is 0 Å². The Balaban J connectivity index is 2.09. The highest BCUT2D eigenvalue weighted by molar-refractivity contribution is 5.75. The molecule has 1 aromatic rings. The molecule has 1 fully saturated rings. The molecule has 1 aliphatic rings. The van der Waals surface area contributed by atoms with E-state index in [-0.39, 0.29) is 12.5 Å². The second-order valence-electron chi connectivity index (χ2n) is 4.87. The van der Waals surface area contributed by atoms with E-state index in [2.05, 4.69) is 17.0 Å². The topological polar surface area (TPSA) is 58.8 Å². The number of para-hydroxylation sites is 1. The predicted molar refractivity (Wildman–Crippen MR) is 75.0 cm³/mol. The number of nitrogens with two attached hydrogens (primary N) is 1. The number of amides is 1. The summed E-state index contributed by atoms with van der Waals surface area (Å²) in [6.07, 6.45) is 0. The second-order valence-corrected chi connectivity index (χ2v) is 4.87. The molecule has 104 valence electrons. The van der Waals surface area contributed by atoms with Crippen molar-refractivity contribution >= 4 is 11.6 Å². The van der Waals surface area contributed by atoms with Gasteiger partial charge in [0.1, 0.15) is 0 Å². The number of hydrogen-bond acceptors (Lipinski definition) is 4. The summed E-state index contributed by atoms with van der Waals surface area (Å²) in [4.78, 5) is 15.2. The largest absolute Gasteiger partial charge is 0.378 e. The average molecular weight is 263 g/mol. The highest BCUT2D eigenvalue weighted by Gasteiger charge is 2.15. The number of morpholine rings is 1. The molecule has 1 aromatic carbocycles. The van der Waals surface area contributed by atoms with Crippen LogP contribution in [0.5, 0.6) is 0 Å². The van der Waals surface area contributed by atoms with Crippen LogP contribution in [-0.2, 0) is 16.1 Å². The molecule has 0 aliphatic carbocycles. The average Bonchev–Trinajstić information content (AvgIpc) is 2.39. The van der Waals surface area contributed by atoms with Crippen LogP contribution in [0.4, 0.5) is 5.69 Å². The first-order valence-corrected chi connectivity index (χ1v) is 6.54. The third kappa shape index (κ3) is 3.94. The van der Waals surface area contributed by atoms with Crippen LogP contribution in [0.25, 0.3) is 0 Å². The lowest BCUT2D eigenvalue weighted by Crippen LogP contribution is -2.37. The van der Waals surface area contributed by atoms with Gasteiger partial charge in [0.2, 0.25) is 5.91 Å². The summed E-state index contributed by atoms with van der Waals surface area (Å²) >= 11 is 0. The molecule has 1 amide bonds. The van der Waals surface area contributed by atoms with Crippen molar-refractivity contribution in [3.05, 3.63) is 29.8 Å². The number of hydrogen-bond donors (Lipinski definition) is 1. The molecular weight excluding hydrogens is 242 g/mol. The van der Waals surface area contributed by atoms with Crippen LogP contribution in [0.2, 0.25) is 0 Å². The Labute approximate surface area is 113 Å². The fourth-order valence-electron chi connectivity index (χ4n) is 2.37. The Morgan fingerprint density at radius 2 is 2.05 bits per heavy atom. The zero-order valence-corrected chi connectivity index (χ0v) is 11.3. The molecule has 1 heterocycles. The number of primary amides is 1. The molecule has 0 spiro atoms. The molecule has 0 atom stereocenters. The highest BCUT2D eigenvalue weighted by Crippen LogP contribution is 2.22. The predicted octanol–water partition coefficient (Wildman–Crippen LogP) is 0.440. The van der Waals surface area contributed by atoms with Gasteiger partial charge in [-0.2, -0.15) is 0 Å². The van der Waals surface area contributed by atoms with Crippen LogP contribution in [-0.4, -0.2) is 50.7 Å². The minimum Gasteiger partial charge on any atom is -0.378 e. The molecule has 1 saturated heterocycles. The van der Waals surface area contributed by atoms with E-state index in [0.29, 0.717) is 0 Å². The maximum atomic E-state index is 10.9. The fourth-order valence-corrected chi connectivity index (χ4v) is 2.37. The van der Waals surface area contributed by atoms with Crippen molar-refractivity contribution < 1.29 is 9.53 Å². The van der Waals surface area contributed by atoms with Crippen molar-refractivity contribution in [2.24, 2.45) is 5.73 Å². The van der Waals surface area contributed by atoms with Crippen molar-refractivity contribution in [2.45, 2.75) is 6.54 Å². The van der Waals surface area contributed by atoms with Gasteiger partial charge in [-0.05, 0) is 18.7 Å². The van der Waals surface area contributed by atoms with E-state index in [4.69, 9.17) is 10.5 Å². The maximum absolute atomic E-state index is 10.9. The van der Waals surface area contributed by atoms with Crippen molar-refractivity contribution in [1.82, 2.24) is 4.90 Å². The van der Waals surface area contributed by atoms with Gasteiger partial charge in [0.15, 0.2) is 0 Å². The fraction of sp³-hybridized carbons (Fsp3) is 0.500. The maximum Gasteiger partial charge on any atom is 0.231 e. The Morgan fingerprint density at radius 3 is 2.74 bits per heavy atom. The van der Waals surface area contributed by atoms with Crippen molar-refractivity contribution in [3.8, 4) is 0 Å². The quantitative estimate of drug-likeness (QED) is 0.837. The summed E-state index contributed by atoms with van der Waals surface area (Å²) in [7, 11) is 1.90. The lowest BCUT2D eigenvalue weighted by Gasteiger charge is -2.31. The van der Waals surface area contributed by atoms with Crippen LogP contribution in [0.3, 0.4) is 0 Å². The van der Waals surface area contributed by atoms with E-state index in [9.17, 15) is 4.79 Å². The van der Waals surface area contributed by atoms with Crippen molar-refractivity contribution in [3.63, 3.8) is 0 Å². The number of likely N-dealkylation sites (N-methyl/N-ethyl adjacent to an activating group) is 1. The smallest absolute Gasteiger partial charge is 0.231 e. The van der Waals surface area contributed by atoms with Gasteiger partial charge in [0, 0.05) is 25.3 Å². The molecule has 0 radical (unpaired) electrons. The Bertz CT molecular complexity index is 430. The molecular formula is C14H21N3O2. The molecule has 0 bridgehead atoms. The summed E-state index contributed by atoms with van der Waals surface area (Å²) in [6.45, 7) is 4.36. The molecule has 5 nitrogen and oxygen atoms in total. The Morgan fingerprint density at radius 1 is 1.37 bits per heavy atom. The monoisotopic (exact) mass is 263 g/mol. The zero-order chi connectivity index (χ0) is 13.7. The van der Waals surface area contributed by atoms with Gasteiger partial charge in [0.05, 0.1) is 19.8 Å². The van der Waals surface area contributed by atoms with E-state index in [1.807, 2.05) is 24.1 Å². The SMILES string of the molecule is CN(CC(N)=O)Cc1ccccc1N1CCOCC1. The second kappa shape index (κ2) is 6.54. The van der Waals surface area contributed by atoms with Crippen molar-refractivity contribution in [1.29, 1.82) is 0 Å². The summed E-state index contributed by atoms with van der Waals surface area (Å²) < 4.78 is 5.38. The summed E-state index contributed by atoms with van der Waals surface area (Å²) in [6, 6.07) is 8.29. The van der Waals surface area contributed by atoms with Gasteiger partial charge in [0.25, 0.3) is 0 Å². The van der Waals surface area contributed by atoms with Gasteiger partial charge in [-0.3, -0.25) is 9.69 Å². The number of benzene rings is 1. The molecule has 19 heavy (non-hydrogen) atoms. The minimum absolute atomic E-state index is 0.275. The molecule has 2 N–H and O–H groups in total. The summed E-state index contributed by atoms with van der Waals surface area (Å²) in [5.41, 5.74) is 7.66. The first-order valence-electron chi connectivity index (χ1n) is 6.54. The number of ether oxygens (including phenoxy) is 1.